The van der Waals surface area contributed by atoms with Gasteiger partial charge in [0.1, 0.15) is 16.1 Å². The Kier molecular flexibility index (Phi) is 5.95. The van der Waals surface area contributed by atoms with Crippen molar-refractivity contribution >= 4 is 57.6 Å². The van der Waals surface area contributed by atoms with Crippen molar-refractivity contribution in [3.63, 3.8) is 0 Å². The van der Waals surface area contributed by atoms with Crippen molar-refractivity contribution in [3.8, 4) is 5.75 Å². The third-order valence-corrected chi connectivity index (χ3v) is 5.49. The van der Waals surface area contributed by atoms with Gasteiger partial charge in [0.2, 0.25) is 5.91 Å². The summed E-state index contributed by atoms with van der Waals surface area (Å²) >= 11 is 6.30. The topological polar surface area (TPSA) is 113 Å². The lowest BCUT2D eigenvalue weighted by Gasteiger charge is -2.22. The fraction of sp³-hybridized carbons (Fsp3) is 0.105. The first kappa shape index (κ1) is 20.5. The number of nitro groups is 1. The standard InChI is InChI=1S/C19H15N3O5S2/c1-11(17(24)20-13-6-8-14(9-7-13)22(26)27)21-18(25)16(29-19(21)28)10-12-4-2-3-5-15(12)23/h2-11,23H,1H3,(H,20,24)/b16-10-. The van der Waals surface area contributed by atoms with Gasteiger partial charge in [-0.05, 0) is 31.2 Å². The number of hydrogen-bond donors (Lipinski definition) is 2. The number of thioether (sulfide) groups is 1. The second-order valence-corrected chi connectivity index (χ2v) is 7.76. The van der Waals surface area contributed by atoms with E-state index in [0.717, 1.165) is 11.8 Å². The van der Waals surface area contributed by atoms with Crippen molar-refractivity contribution in [2.75, 3.05) is 5.32 Å². The highest BCUT2D eigenvalue weighted by atomic mass is 32.2. The minimum Gasteiger partial charge on any atom is -0.507 e. The SMILES string of the molecule is CC(C(=O)Nc1ccc([N+](=O)[O-])cc1)N1C(=O)/C(=C/c2ccccc2O)SC1=S. The van der Waals surface area contributed by atoms with E-state index in [-0.39, 0.29) is 15.8 Å². The van der Waals surface area contributed by atoms with Crippen LogP contribution in [0, 0.1) is 10.1 Å². The molecular formula is C19H15N3O5S2. The fourth-order valence-corrected chi connectivity index (χ4v) is 4.00. The van der Waals surface area contributed by atoms with Crippen molar-refractivity contribution in [3.05, 3.63) is 69.1 Å². The number of hydrogen-bond acceptors (Lipinski definition) is 7. The highest BCUT2D eigenvalue weighted by Gasteiger charge is 2.38. The summed E-state index contributed by atoms with van der Waals surface area (Å²) in [4.78, 5) is 37.0. The van der Waals surface area contributed by atoms with E-state index < -0.39 is 22.8 Å². The van der Waals surface area contributed by atoms with E-state index in [4.69, 9.17) is 12.2 Å². The van der Waals surface area contributed by atoms with Crippen molar-refractivity contribution in [1.29, 1.82) is 0 Å². The molecule has 1 aliphatic rings. The molecule has 2 N–H and O–H groups in total. The number of para-hydroxylation sites is 1. The number of phenolic OH excluding ortho intramolecular Hbond substituents is 1. The van der Waals surface area contributed by atoms with E-state index >= 15 is 0 Å². The van der Waals surface area contributed by atoms with Crippen LogP contribution in [0.2, 0.25) is 0 Å². The van der Waals surface area contributed by atoms with E-state index in [1.807, 2.05) is 0 Å². The Morgan fingerprint density at radius 2 is 1.93 bits per heavy atom. The number of phenols is 1. The second kappa shape index (κ2) is 8.41. The molecule has 0 aromatic heterocycles. The molecule has 1 atom stereocenters. The highest BCUT2D eigenvalue weighted by Crippen LogP contribution is 2.35. The summed E-state index contributed by atoms with van der Waals surface area (Å²) in [5.74, 6) is -0.893. The van der Waals surface area contributed by atoms with Crippen LogP contribution in [0.25, 0.3) is 6.08 Å². The van der Waals surface area contributed by atoms with Gasteiger partial charge in [0, 0.05) is 23.4 Å². The van der Waals surface area contributed by atoms with Gasteiger partial charge >= 0.3 is 0 Å². The van der Waals surface area contributed by atoms with Crippen molar-refractivity contribution in [2.45, 2.75) is 13.0 Å². The maximum atomic E-state index is 12.8. The minimum absolute atomic E-state index is 0.0294. The Bertz CT molecular complexity index is 1040. The molecule has 148 valence electrons. The lowest BCUT2D eigenvalue weighted by Crippen LogP contribution is -2.44. The lowest BCUT2D eigenvalue weighted by atomic mass is 10.2. The Balaban J connectivity index is 1.74. The fourth-order valence-electron chi connectivity index (χ4n) is 2.59. The van der Waals surface area contributed by atoms with Crippen LogP contribution < -0.4 is 5.32 Å². The maximum Gasteiger partial charge on any atom is 0.269 e. The number of benzene rings is 2. The molecule has 10 heteroatoms. The maximum absolute atomic E-state index is 12.8. The van der Waals surface area contributed by atoms with Crippen LogP contribution in [0.4, 0.5) is 11.4 Å². The largest absolute Gasteiger partial charge is 0.507 e. The van der Waals surface area contributed by atoms with Gasteiger partial charge in [0.15, 0.2) is 0 Å². The number of carbonyl (C=O) groups excluding carboxylic acids is 2. The number of nitrogens with zero attached hydrogens (tertiary/aromatic N) is 2. The van der Waals surface area contributed by atoms with E-state index in [2.05, 4.69) is 5.32 Å². The third-order valence-electron chi connectivity index (χ3n) is 4.16. The van der Waals surface area contributed by atoms with Crippen LogP contribution in [0.5, 0.6) is 5.75 Å². The molecule has 29 heavy (non-hydrogen) atoms. The Labute approximate surface area is 175 Å². The average Bonchev–Trinajstić information content (AvgIpc) is 2.96. The van der Waals surface area contributed by atoms with Gasteiger partial charge in [0.05, 0.1) is 9.83 Å². The molecule has 0 spiro atoms. The van der Waals surface area contributed by atoms with Gasteiger partial charge in [-0.1, -0.05) is 42.2 Å². The summed E-state index contributed by atoms with van der Waals surface area (Å²) in [7, 11) is 0. The molecule has 8 nitrogen and oxygen atoms in total. The van der Waals surface area contributed by atoms with Crippen LogP contribution in [0.15, 0.2) is 53.4 Å². The summed E-state index contributed by atoms with van der Waals surface area (Å²) in [5, 5.41) is 23.2. The number of aromatic hydroxyl groups is 1. The second-order valence-electron chi connectivity index (χ2n) is 6.08. The molecule has 2 aromatic carbocycles. The molecule has 2 amide bonds. The molecule has 0 saturated carbocycles. The molecule has 1 unspecified atom stereocenters. The van der Waals surface area contributed by atoms with Crippen molar-refractivity contribution in [2.24, 2.45) is 0 Å². The zero-order valence-corrected chi connectivity index (χ0v) is 16.7. The summed E-state index contributed by atoms with van der Waals surface area (Å²) in [6.45, 7) is 1.54. The van der Waals surface area contributed by atoms with Crippen LogP contribution in [-0.2, 0) is 9.59 Å². The Morgan fingerprint density at radius 3 is 2.55 bits per heavy atom. The van der Waals surface area contributed by atoms with Crippen LogP contribution in [0.1, 0.15) is 12.5 Å². The monoisotopic (exact) mass is 429 g/mol. The number of amides is 2. The van der Waals surface area contributed by atoms with Gasteiger partial charge < -0.3 is 10.4 Å². The van der Waals surface area contributed by atoms with Crippen molar-refractivity contribution in [1.82, 2.24) is 4.90 Å². The van der Waals surface area contributed by atoms with E-state index in [0.29, 0.717) is 16.2 Å². The quantitative estimate of drug-likeness (QED) is 0.324. The zero-order valence-electron chi connectivity index (χ0n) is 15.1. The van der Waals surface area contributed by atoms with Gasteiger partial charge in [-0.3, -0.25) is 24.6 Å². The molecule has 2 aromatic rings. The summed E-state index contributed by atoms with van der Waals surface area (Å²) < 4.78 is 0.225. The first-order valence-corrected chi connectivity index (χ1v) is 9.61. The van der Waals surface area contributed by atoms with Crippen LogP contribution >= 0.6 is 24.0 Å². The third kappa shape index (κ3) is 4.44. The predicted molar refractivity (Wildman–Crippen MR) is 114 cm³/mol. The molecule has 0 radical (unpaired) electrons. The number of anilines is 1. The first-order valence-electron chi connectivity index (χ1n) is 8.38. The van der Waals surface area contributed by atoms with E-state index in [9.17, 15) is 24.8 Å². The number of carbonyl (C=O) groups is 2. The molecule has 1 aliphatic heterocycles. The zero-order chi connectivity index (χ0) is 21.1. The number of non-ortho nitro benzene ring substituents is 1. The molecule has 0 bridgehead atoms. The summed E-state index contributed by atoms with van der Waals surface area (Å²) in [6, 6.07) is 11.0. The predicted octanol–water partition coefficient (Wildman–Crippen LogP) is 3.53. The molecule has 0 aliphatic carbocycles. The highest BCUT2D eigenvalue weighted by molar-refractivity contribution is 8.26. The minimum atomic E-state index is -0.895. The van der Waals surface area contributed by atoms with Gasteiger partial charge in [-0.2, -0.15) is 0 Å². The van der Waals surface area contributed by atoms with Crippen molar-refractivity contribution < 1.29 is 19.6 Å². The smallest absolute Gasteiger partial charge is 0.269 e. The summed E-state index contributed by atoms with van der Waals surface area (Å²) in [5.41, 5.74) is 0.737. The lowest BCUT2D eigenvalue weighted by molar-refractivity contribution is -0.384. The van der Waals surface area contributed by atoms with Crippen LogP contribution in [-0.4, -0.2) is 37.1 Å². The van der Waals surface area contributed by atoms with E-state index in [1.54, 1.807) is 18.2 Å². The first-order chi connectivity index (χ1) is 13.8. The number of nitro benzene ring substituents is 1. The number of nitrogens with one attached hydrogen (secondary N) is 1. The molecular weight excluding hydrogens is 414 g/mol. The summed E-state index contributed by atoms with van der Waals surface area (Å²) in [6.07, 6.45) is 1.52. The molecule has 3 rings (SSSR count). The van der Waals surface area contributed by atoms with E-state index in [1.165, 1.54) is 48.2 Å². The Morgan fingerprint density at radius 1 is 1.28 bits per heavy atom. The van der Waals surface area contributed by atoms with Gasteiger partial charge in [-0.25, -0.2) is 0 Å². The Hall–Kier alpha value is -3.24. The van der Waals surface area contributed by atoms with Crippen LogP contribution in [0.3, 0.4) is 0 Å². The number of thiocarbonyl (C=S) groups is 1. The van der Waals surface area contributed by atoms with Gasteiger partial charge in [0.25, 0.3) is 11.6 Å². The molecule has 1 saturated heterocycles. The average molecular weight is 429 g/mol. The number of rotatable bonds is 5. The molecule has 1 heterocycles. The normalized spacial score (nSPS) is 16.2. The van der Waals surface area contributed by atoms with Gasteiger partial charge in [-0.15, -0.1) is 0 Å². The molecule has 1 fully saturated rings.